The average molecular weight is 379 g/mol. The number of likely N-dealkylation sites (N-methyl/N-ethyl adjacent to an activating group) is 1. The minimum absolute atomic E-state index is 0.0986. The standard InChI is InChI=1S/C23H26FN3O/c1-27(15-17-14-25-20-7-3-2-6-19(17)20)22-9-5-4-8-21(22)26-23(28)16-10-12-18(24)13-11-16/h2-3,6-7,10-14,21-22,25H,4-5,8-9,15H2,1H3,(H,26,28)/t21-,22+/m1/s1. The molecule has 28 heavy (non-hydrogen) atoms. The first-order chi connectivity index (χ1) is 13.6. The molecule has 5 heteroatoms. The predicted molar refractivity (Wildman–Crippen MR) is 110 cm³/mol. The van der Waals surface area contributed by atoms with E-state index in [1.54, 1.807) is 0 Å². The Balaban J connectivity index is 1.46. The minimum Gasteiger partial charge on any atom is -0.361 e. The molecule has 2 N–H and O–H groups in total. The first kappa shape index (κ1) is 18.7. The second-order valence-corrected chi connectivity index (χ2v) is 7.71. The molecule has 1 aliphatic rings. The second-order valence-electron chi connectivity index (χ2n) is 7.71. The molecule has 2 aromatic carbocycles. The van der Waals surface area contributed by atoms with Gasteiger partial charge in [0.05, 0.1) is 0 Å². The van der Waals surface area contributed by atoms with E-state index in [0.29, 0.717) is 5.56 Å². The van der Waals surface area contributed by atoms with Gasteiger partial charge in [0, 0.05) is 41.3 Å². The van der Waals surface area contributed by atoms with Crippen molar-refractivity contribution in [3.8, 4) is 0 Å². The number of para-hydroxylation sites is 1. The lowest BCUT2D eigenvalue weighted by molar-refractivity contribution is 0.0858. The number of H-pyrrole nitrogens is 1. The Morgan fingerprint density at radius 2 is 1.89 bits per heavy atom. The molecule has 1 aliphatic carbocycles. The number of aromatic nitrogens is 1. The highest BCUT2D eigenvalue weighted by molar-refractivity contribution is 5.94. The maximum atomic E-state index is 13.1. The molecule has 0 aliphatic heterocycles. The zero-order chi connectivity index (χ0) is 19.5. The maximum absolute atomic E-state index is 13.1. The highest BCUT2D eigenvalue weighted by atomic mass is 19.1. The maximum Gasteiger partial charge on any atom is 0.251 e. The summed E-state index contributed by atoms with van der Waals surface area (Å²) in [4.78, 5) is 18.3. The summed E-state index contributed by atoms with van der Waals surface area (Å²) in [6.07, 6.45) is 6.40. The monoisotopic (exact) mass is 379 g/mol. The smallest absolute Gasteiger partial charge is 0.251 e. The van der Waals surface area contributed by atoms with Crippen molar-refractivity contribution < 1.29 is 9.18 Å². The number of nitrogens with zero attached hydrogens (tertiary/aromatic N) is 1. The summed E-state index contributed by atoms with van der Waals surface area (Å²) < 4.78 is 13.1. The van der Waals surface area contributed by atoms with Gasteiger partial charge in [-0.2, -0.15) is 0 Å². The number of nitrogens with one attached hydrogen (secondary N) is 2. The Morgan fingerprint density at radius 3 is 2.71 bits per heavy atom. The van der Waals surface area contributed by atoms with E-state index >= 15 is 0 Å². The number of fused-ring (bicyclic) bond motifs is 1. The van der Waals surface area contributed by atoms with Gasteiger partial charge in [0.25, 0.3) is 5.91 Å². The molecule has 1 aromatic heterocycles. The quantitative estimate of drug-likeness (QED) is 0.687. The third-order valence-electron chi connectivity index (χ3n) is 5.81. The fraction of sp³-hybridized carbons (Fsp3) is 0.348. The van der Waals surface area contributed by atoms with Gasteiger partial charge in [0.15, 0.2) is 0 Å². The van der Waals surface area contributed by atoms with Crippen molar-refractivity contribution in [3.63, 3.8) is 0 Å². The number of amides is 1. The number of carbonyl (C=O) groups is 1. The molecule has 0 saturated heterocycles. The Kier molecular flexibility index (Phi) is 5.44. The third-order valence-corrected chi connectivity index (χ3v) is 5.81. The van der Waals surface area contributed by atoms with Gasteiger partial charge in [0.2, 0.25) is 0 Å². The van der Waals surface area contributed by atoms with Crippen LogP contribution in [0.3, 0.4) is 0 Å². The van der Waals surface area contributed by atoms with E-state index in [-0.39, 0.29) is 23.8 Å². The topological polar surface area (TPSA) is 48.1 Å². The number of hydrogen-bond acceptors (Lipinski definition) is 2. The van der Waals surface area contributed by atoms with Gasteiger partial charge in [-0.05, 0) is 55.8 Å². The van der Waals surface area contributed by atoms with E-state index in [1.165, 1.54) is 41.6 Å². The molecular formula is C23H26FN3O. The Morgan fingerprint density at radius 1 is 1.14 bits per heavy atom. The van der Waals surface area contributed by atoms with E-state index in [0.717, 1.165) is 31.3 Å². The number of hydrogen-bond donors (Lipinski definition) is 2. The summed E-state index contributed by atoms with van der Waals surface area (Å²) in [6.45, 7) is 0.831. The van der Waals surface area contributed by atoms with Crippen LogP contribution in [0.25, 0.3) is 10.9 Å². The number of rotatable bonds is 5. The molecule has 0 unspecified atom stereocenters. The van der Waals surface area contributed by atoms with Crippen LogP contribution in [0.4, 0.5) is 4.39 Å². The summed E-state index contributed by atoms with van der Waals surface area (Å²) >= 11 is 0. The SMILES string of the molecule is CN(Cc1c[nH]c2ccccc12)[C@H]1CCCC[C@H]1NC(=O)c1ccc(F)cc1. The highest BCUT2D eigenvalue weighted by Crippen LogP contribution is 2.26. The largest absolute Gasteiger partial charge is 0.361 e. The molecule has 1 amide bonds. The van der Waals surface area contributed by atoms with Crippen LogP contribution < -0.4 is 5.32 Å². The Hall–Kier alpha value is -2.66. The molecule has 0 bridgehead atoms. The van der Waals surface area contributed by atoms with Crippen LogP contribution in [-0.4, -0.2) is 34.9 Å². The van der Waals surface area contributed by atoms with Crippen LogP contribution >= 0.6 is 0 Å². The highest BCUT2D eigenvalue weighted by Gasteiger charge is 2.30. The molecule has 3 aromatic rings. The molecule has 1 fully saturated rings. The summed E-state index contributed by atoms with van der Waals surface area (Å²) in [5.41, 5.74) is 2.92. The zero-order valence-electron chi connectivity index (χ0n) is 16.1. The van der Waals surface area contributed by atoms with Gasteiger partial charge in [0.1, 0.15) is 5.82 Å². The van der Waals surface area contributed by atoms with Gasteiger partial charge < -0.3 is 10.3 Å². The van der Waals surface area contributed by atoms with E-state index in [4.69, 9.17) is 0 Å². The lowest BCUT2D eigenvalue weighted by atomic mass is 9.89. The molecule has 4 rings (SSSR count). The van der Waals surface area contributed by atoms with Crippen molar-refractivity contribution in [2.24, 2.45) is 0 Å². The Bertz CT molecular complexity index is 950. The summed E-state index contributed by atoms with van der Waals surface area (Å²) in [5, 5.41) is 4.44. The van der Waals surface area contributed by atoms with Crippen molar-refractivity contribution in [3.05, 3.63) is 71.7 Å². The van der Waals surface area contributed by atoms with Gasteiger partial charge in [-0.25, -0.2) is 4.39 Å². The van der Waals surface area contributed by atoms with Crippen LogP contribution in [0, 0.1) is 5.82 Å². The van der Waals surface area contributed by atoms with Gasteiger partial charge >= 0.3 is 0 Å². The van der Waals surface area contributed by atoms with E-state index in [2.05, 4.69) is 46.6 Å². The zero-order valence-corrected chi connectivity index (χ0v) is 16.1. The molecule has 1 heterocycles. The van der Waals surface area contributed by atoms with E-state index in [9.17, 15) is 9.18 Å². The predicted octanol–water partition coefficient (Wildman–Crippen LogP) is 4.48. The lowest BCUT2D eigenvalue weighted by Gasteiger charge is -2.38. The number of benzene rings is 2. The van der Waals surface area contributed by atoms with Gasteiger partial charge in [-0.1, -0.05) is 31.0 Å². The first-order valence-electron chi connectivity index (χ1n) is 9.93. The Labute approximate surface area is 164 Å². The lowest BCUT2D eigenvalue weighted by Crippen LogP contribution is -2.51. The molecular weight excluding hydrogens is 353 g/mol. The molecule has 1 saturated carbocycles. The summed E-state index contributed by atoms with van der Waals surface area (Å²) in [7, 11) is 2.13. The van der Waals surface area contributed by atoms with E-state index < -0.39 is 0 Å². The number of halogens is 1. The third kappa shape index (κ3) is 3.94. The molecule has 146 valence electrons. The van der Waals surface area contributed by atoms with E-state index in [1.807, 2.05) is 6.07 Å². The summed E-state index contributed by atoms with van der Waals surface area (Å²) in [5.74, 6) is -0.456. The number of carbonyl (C=O) groups excluding carboxylic acids is 1. The molecule has 4 nitrogen and oxygen atoms in total. The molecule has 0 spiro atoms. The van der Waals surface area contributed by atoms with Crippen molar-refractivity contribution in [2.75, 3.05) is 7.05 Å². The molecule has 0 radical (unpaired) electrons. The van der Waals surface area contributed by atoms with Crippen molar-refractivity contribution in [1.29, 1.82) is 0 Å². The van der Waals surface area contributed by atoms with Crippen molar-refractivity contribution >= 4 is 16.8 Å². The van der Waals surface area contributed by atoms with Crippen molar-refractivity contribution in [1.82, 2.24) is 15.2 Å². The molecule has 2 atom stereocenters. The van der Waals surface area contributed by atoms with Crippen LogP contribution in [0.5, 0.6) is 0 Å². The first-order valence-corrected chi connectivity index (χ1v) is 9.93. The van der Waals surface area contributed by atoms with Crippen LogP contribution in [-0.2, 0) is 6.54 Å². The van der Waals surface area contributed by atoms with Crippen LogP contribution in [0.15, 0.2) is 54.7 Å². The fourth-order valence-electron chi connectivity index (χ4n) is 4.31. The van der Waals surface area contributed by atoms with Crippen LogP contribution in [0.1, 0.15) is 41.6 Å². The fourth-order valence-corrected chi connectivity index (χ4v) is 4.31. The number of aromatic amines is 1. The van der Waals surface area contributed by atoms with Gasteiger partial charge in [-0.3, -0.25) is 9.69 Å². The van der Waals surface area contributed by atoms with Crippen LogP contribution in [0.2, 0.25) is 0 Å². The summed E-state index contributed by atoms with van der Waals surface area (Å²) in [6, 6.07) is 14.5. The van der Waals surface area contributed by atoms with Crippen molar-refractivity contribution in [2.45, 2.75) is 44.3 Å². The average Bonchev–Trinajstić information content (AvgIpc) is 3.12. The normalized spacial score (nSPS) is 19.8. The van der Waals surface area contributed by atoms with Gasteiger partial charge in [-0.15, -0.1) is 0 Å². The minimum atomic E-state index is -0.328. The second kappa shape index (κ2) is 8.15.